The number of nitrogens with zero attached hydrogens (tertiary/aromatic N) is 3. The van der Waals surface area contributed by atoms with Crippen molar-refractivity contribution in [3.63, 3.8) is 0 Å². The standard InChI is InChI=1S/C13H12FN5/c1-2-16-12-6-13(18-8-17-12)19-11-5-3-4-10(14)9(11)7-15/h3-6,8H,2H2,1H3,(H2,16,17,18,19). The zero-order chi connectivity index (χ0) is 13.7. The van der Waals surface area contributed by atoms with Crippen molar-refractivity contribution in [2.45, 2.75) is 6.92 Å². The molecule has 0 spiro atoms. The van der Waals surface area contributed by atoms with Crippen LogP contribution < -0.4 is 10.6 Å². The molecule has 5 nitrogen and oxygen atoms in total. The van der Waals surface area contributed by atoms with E-state index in [-0.39, 0.29) is 5.56 Å². The van der Waals surface area contributed by atoms with Gasteiger partial charge in [0.25, 0.3) is 0 Å². The maximum atomic E-state index is 13.4. The topological polar surface area (TPSA) is 73.6 Å². The number of rotatable bonds is 4. The van der Waals surface area contributed by atoms with Crippen LogP contribution in [-0.2, 0) is 0 Å². The number of benzene rings is 1. The van der Waals surface area contributed by atoms with E-state index in [1.165, 1.54) is 18.5 Å². The minimum absolute atomic E-state index is 0.0360. The third kappa shape index (κ3) is 2.96. The molecule has 0 aliphatic carbocycles. The summed E-state index contributed by atoms with van der Waals surface area (Å²) in [6, 6.07) is 7.92. The Morgan fingerprint density at radius 3 is 2.84 bits per heavy atom. The fourth-order valence-corrected chi connectivity index (χ4v) is 1.58. The molecule has 0 saturated heterocycles. The molecule has 0 bridgehead atoms. The van der Waals surface area contributed by atoms with Gasteiger partial charge in [-0.25, -0.2) is 14.4 Å². The van der Waals surface area contributed by atoms with E-state index in [1.54, 1.807) is 12.1 Å². The molecule has 1 heterocycles. The van der Waals surface area contributed by atoms with E-state index in [9.17, 15) is 4.39 Å². The summed E-state index contributed by atoms with van der Waals surface area (Å²) in [5.74, 6) is 0.594. The van der Waals surface area contributed by atoms with Crippen LogP contribution in [0.1, 0.15) is 12.5 Å². The summed E-state index contributed by atoms with van der Waals surface area (Å²) >= 11 is 0. The molecule has 0 aliphatic heterocycles. The SMILES string of the molecule is CCNc1cc(Nc2cccc(F)c2C#N)ncn1. The second-order valence-corrected chi connectivity index (χ2v) is 3.72. The van der Waals surface area contributed by atoms with Crippen LogP contribution in [0.15, 0.2) is 30.6 Å². The minimum Gasteiger partial charge on any atom is -0.370 e. The van der Waals surface area contributed by atoms with Gasteiger partial charge >= 0.3 is 0 Å². The second-order valence-electron chi connectivity index (χ2n) is 3.72. The van der Waals surface area contributed by atoms with Crippen LogP contribution in [0.5, 0.6) is 0 Å². The highest BCUT2D eigenvalue weighted by molar-refractivity contribution is 5.65. The molecule has 0 saturated carbocycles. The van der Waals surface area contributed by atoms with Crippen LogP contribution in [0, 0.1) is 17.1 Å². The lowest BCUT2D eigenvalue weighted by Gasteiger charge is -2.09. The van der Waals surface area contributed by atoms with Gasteiger partial charge in [0.2, 0.25) is 0 Å². The number of anilines is 3. The summed E-state index contributed by atoms with van der Waals surface area (Å²) in [7, 11) is 0. The molecule has 6 heteroatoms. The number of hydrogen-bond acceptors (Lipinski definition) is 5. The fraction of sp³-hybridized carbons (Fsp3) is 0.154. The Hall–Kier alpha value is -2.68. The monoisotopic (exact) mass is 257 g/mol. The van der Waals surface area contributed by atoms with E-state index in [0.717, 1.165) is 6.54 Å². The Labute approximate surface area is 110 Å². The quantitative estimate of drug-likeness (QED) is 0.880. The van der Waals surface area contributed by atoms with Crippen molar-refractivity contribution in [2.24, 2.45) is 0 Å². The second kappa shape index (κ2) is 5.78. The summed E-state index contributed by atoms with van der Waals surface area (Å²) in [5, 5.41) is 14.9. The largest absolute Gasteiger partial charge is 0.370 e. The Morgan fingerprint density at radius 1 is 1.32 bits per heavy atom. The van der Waals surface area contributed by atoms with Crippen molar-refractivity contribution < 1.29 is 4.39 Å². The van der Waals surface area contributed by atoms with Crippen molar-refractivity contribution in [3.05, 3.63) is 42.0 Å². The van der Waals surface area contributed by atoms with Gasteiger partial charge in [0.15, 0.2) is 0 Å². The molecular weight excluding hydrogens is 245 g/mol. The molecule has 2 N–H and O–H groups in total. The normalized spacial score (nSPS) is 9.74. The molecule has 0 atom stereocenters. The van der Waals surface area contributed by atoms with E-state index in [1.807, 2.05) is 13.0 Å². The van der Waals surface area contributed by atoms with Crippen molar-refractivity contribution in [1.82, 2.24) is 9.97 Å². The van der Waals surface area contributed by atoms with Gasteiger partial charge in [-0.2, -0.15) is 5.26 Å². The zero-order valence-corrected chi connectivity index (χ0v) is 10.3. The van der Waals surface area contributed by atoms with Gasteiger partial charge in [-0.05, 0) is 19.1 Å². The van der Waals surface area contributed by atoms with Crippen LogP contribution in [-0.4, -0.2) is 16.5 Å². The number of halogens is 1. The summed E-state index contributed by atoms with van der Waals surface area (Å²) in [4.78, 5) is 8.06. The third-order valence-corrected chi connectivity index (χ3v) is 2.41. The average Bonchev–Trinajstić information content (AvgIpc) is 2.40. The molecule has 19 heavy (non-hydrogen) atoms. The lowest BCUT2D eigenvalue weighted by Crippen LogP contribution is -2.02. The zero-order valence-electron chi connectivity index (χ0n) is 10.3. The highest BCUT2D eigenvalue weighted by Gasteiger charge is 2.08. The third-order valence-electron chi connectivity index (χ3n) is 2.41. The molecule has 0 unspecified atom stereocenters. The molecule has 0 amide bonds. The van der Waals surface area contributed by atoms with Crippen molar-refractivity contribution in [3.8, 4) is 6.07 Å². The Bertz CT molecular complexity index is 621. The van der Waals surface area contributed by atoms with Gasteiger partial charge in [-0.1, -0.05) is 6.07 Å². The highest BCUT2D eigenvalue weighted by atomic mass is 19.1. The molecule has 2 aromatic rings. The maximum Gasteiger partial charge on any atom is 0.143 e. The van der Waals surface area contributed by atoms with Gasteiger partial charge in [0.05, 0.1) is 5.69 Å². The first kappa shape index (κ1) is 12.8. The van der Waals surface area contributed by atoms with Crippen LogP contribution in [0.4, 0.5) is 21.7 Å². The van der Waals surface area contributed by atoms with Gasteiger partial charge in [0, 0.05) is 12.6 Å². The Kier molecular flexibility index (Phi) is 3.88. The maximum absolute atomic E-state index is 13.4. The summed E-state index contributed by atoms with van der Waals surface area (Å²) in [6.45, 7) is 2.69. The Morgan fingerprint density at radius 2 is 2.11 bits per heavy atom. The first-order chi connectivity index (χ1) is 9.24. The molecule has 0 radical (unpaired) electrons. The molecule has 0 fully saturated rings. The number of nitriles is 1. The van der Waals surface area contributed by atoms with Crippen molar-refractivity contribution in [1.29, 1.82) is 5.26 Å². The molecule has 1 aromatic heterocycles. The first-order valence-electron chi connectivity index (χ1n) is 5.76. The molecule has 1 aromatic carbocycles. The lowest BCUT2D eigenvalue weighted by molar-refractivity contribution is 0.624. The Balaban J connectivity index is 2.29. The van der Waals surface area contributed by atoms with Crippen LogP contribution in [0.25, 0.3) is 0 Å². The van der Waals surface area contributed by atoms with Gasteiger partial charge in [-0.15, -0.1) is 0 Å². The van der Waals surface area contributed by atoms with E-state index in [4.69, 9.17) is 5.26 Å². The van der Waals surface area contributed by atoms with Crippen LogP contribution in [0.2, 0.25) is 0 Å². The molecule has 96 valence electrons. The number of nitrogens with one attached hydrogen (secondary N) is 2. The minimum atomic E-state index is -0.562. The van der Waals surface area contributed by atoms with Crippen molar-refractivity contribution >= 4 is 17.3 Å². The van der Waals surface area contributed by atoms with E-state index in [2.05, 4.69) is 20.6 Å². The van der Waals surface area contributed by atoms with E-state index in [0.29, 0.717) is 17.3 Å². The van der Waals surface area contributed by atoms with Gasteiger partial charge in [-0.3, -0.25) is 0 Å². The molecule has 2 rings (SSSR count). The highest BCUT2D eigenvalue weighted by Crippen LogP contribution is 2.22. The smallest absolute Gasteiger partial charge is 0.143 e. The lowest BCUT2D eigenvalue weighted by atomic mass is 10.2. The van der Waals surface area contributed by atoms with Gasteiger partial charge in [0.1, 0.15) is 35.4 Å². The number of hydrogen-bond donors (Lipinski definition) is 2. The summed E-state index contributed by atoms with van der Waals surface area (Å²) < 4.78 is 13.4. The van der Waals surface area contributed by atoms with E-state index >= 15 is 0 Å². The number of aromatic nitrogens is 2. The van der Waals surface area contributed by atoms with Crippen LogP contribution in [0.3, 0.4) is 0 Å². The van der Waals surface area contributed by atoms with Crippen LogP contribution >= 0.6 is 0 Å². The van der Waals surface area contributed by atoms with Crippen molar-refractivity contribution in [2.75, 3.05) is 17.2 Å². The fourth-order valence-electron chi connectivity index (χ4n) is 1.58. The summed E-state index contributed by atoms with van der Waals surface area (Å²) in [6.07, 6.45) is 1.39. The predicted molar refractivity (Wildman–Crippen MR) is 70.6 cm³/mol. The molecular formula is C13H12FN5. The summed E-state index contributed by atoms with van der Waals surface area (Å²) in [5.41, 5.74) is 0.342. The molecule has 0 aliphatic rings. The first-order valence-corrected chi connectivity index (χ1v) is 5.76. The van der Waals surface area contributed by atoms with Gasteiger partial charge < -0.3 is 10.6 Å². The average molecular weight is 257 g/mol. The predicted octanol–water partition coefficient (Wildman–Crippen LogP) is 2.66. The van der Waals surface area contributed by atoms with E-state index < -0.39 is 5.82 Å².